The fraction of sp³-hybridized carbons (Fsp3) is 0.533. The van der Waals surface area contributed by atoms with Crippen molar-refractivity contribution in [2.75, 3.05) is 0 Å². The van der Waals surface area contributed by atoms with Gasteiger partial charge in [0.15, 0.2) is 0 Å². The number of carbonyl (C=O) groups excluding carboxylic acids is 1. The van der Waals surface area contributed by atoms with Crippen molar-refractivity contribution in [1.82, 2.24) is 15.0 Å². The van der Waals surface area contributed by atoms with Crippen LogP contribution in [0.3, 0.4) is 0 Å². The molecule has 0 bridgehead atoms. The van der Waals surface area contributed by atoms with Crippen molar-refractivity contribution in [2.24, 2.45) is 11.7 Å². The molecule has 0 aliphatic carbocycles. The standard InChI is InChI=1S/C15H20Br2N4O/c1-3-5-6-9(4-2)8-21-19-13-11(16)7-10(15(18)22)12(17)14(13)20-21/h7,9H,3-6,8H2,1-2H3,(H2,18,22). The molecule has 1 aromatic heterocycles. The molecule has 1 atom stereocenters. The summed E-state index contributed by atoms with van der Waals surface area (Å²) >= 11 is 6.86. The van der Waals surface area contributed by atoms with Gasteiger partial charge < -0.3 is 5.73 Å². The van der Waals surface area contributed by atoms with Crippen LogP contribution in [0.25, 0.3) is 11.0 Å². The van der Waals surface area contributed by atoms with Crippen LogP contribution in [-0.2, 0) is 6.54 Å². The molecule has 0 saturated heterocycles. The Hall–Kier alpha value is -0.950. The lowest BCUT2D eigenvalue weighted by Crippen LogP contribution is -2.12. The maximum Gasteiger partial charge on any atom is 0.249 e. The molecular weight excluding hydrogens is 412 g/mol. The lowest BCUT2D eigenvalue weighted by molar-refractivity contribution is 0.0999. The van der Waals surface area contributed by atoms with Crippen LogP contribution in [0.1, 0.15) is 49.9 Å². The fourth-order valence-corrected chi connectivity index (χ4v) is 3.52. The van der Waals surface area contributed by atoms with Crippen LogP contribution in [0.2, 0.25) is 0 Å². The van der Waals surface area contributed by atoms with Crippen molar-refractivity contribution in [3.8, 4) is 0 Å². The third-order valence-electron chi connectivity index (χ3n) is 3.83. The maximum atomic E-state index is 11.5. The number of carbonyl (C=O) groups is 1. The highest BCUT2D eigenvalue weighted by Gasteiger charge is 2.18. The second-order valence-electron chi connectivity index (χ2n) is 5.45. The number of amides is 1. The molecule has 2 N–H and O–H groups in total. The van der Waals surface area contributed by atoms with Crippen molar-refractivity contribution in [2.45, 2.75) is 46.1 Å². The van der Waals surface area contributed by atoms with Crippen molar-refractivity contribution in [1.29, 1.82) is 0 Å². The highest BCUT2D eigenvalue weighted by atomic mass is 79.9. The molecule has 0 fully saturated rings. The highest BCUT2D eigenvalue weighted by Crippen LogP contribution is 2.31. The van der Waals surface area contributed by atoms with Crippen LogP contribution in [0.5, 0.6) is 0 Å². The predicted molar refractivity (Wildman–Crippen MR) is 94.8 cm³/mol. The van der Waals surface area contributed by atoms with E-state index in [-0.39, 0.29) is 0 Å². The Labute approximate surface area is 146 Å². The SMILES string of the molecule is CCCCC(CC)Cn1nc2c(Br)cc(C(N)=O)c(Br)c2n1. The molecule has 0 aliphatic heterocycles. The summed E-state index contributed by atoms with van der Waals surface area (Å²) in [6.45, 7) is 5.18. The molecule has 0 aliphatic rings. The number of nitrogens with zero attached hydrogens (tertiary/aromatic N) is 3. The molecule has 1 heterocycles. The average molecular weight is 432 g/mol. The van der Waals surface area contributed by atoms with Crippen LogP contribution in [0, 0.1) is 5.92 Å². The number of nitrogens with two attached hydrogens (primary N) is 1. The van der Waals surface area contributed by atoms with Crippen LogP contribution >= 0.6 is 31.9 Å². The summed E-state index contributed by atoms with van der Waals surface area (Å²) in [7, 11) is 0. The first-order valence-corrected chi connectivity index (χ1v) is 9.09. The molecule has 1 aromatic carbocycles. The normalized spacial score (nSPS) is 12.7. The number of halogens is 2. The number of rotatable bonds is 7. The number of benzene rings is 1. The van der Waals surface area contributed by atoms with Gasteiger partial charge in [-0.15, -0.1) is 0 Å². The predicted octanol–water partition coefficient (Wildman–Crippen LogP) is 4.27. The lowest BCUT2D eigenvalue weighted by atomic mass is 10.00. The monoisotopic (exact) mass is 430 g/mol. The van der Waals surface area contributed by atoms with Gasteiger partial charge >= 0.3 is 0 Å². The summed E-state index contributed by atoms with van der Waals surface area (Å²) in [6, 6.07) is 1.68. The van der Waals surface area contributed by atoms with Gasteiger partial charge in [-0.3, -0.25) is 4.79 Å². The molecule has 1 amide bonds. The second kappa shape index (κ2) is 7.55. The molecule has 1 unspecified atom stereocenters. The van der Waals surface area contributed by atoms with E-state index in [1.807, 2.05) is 0 Å². The zero-order valence-electron chi connectivity index (χ0n) is 12.8. The zero-order chi connectivity index (χ0) is 16.3. The number of hydrogen-bond acceptors (Lipinski definition) is 3. The number of fused-ring (bicyclic) bond motifs is 1. The Morgan fingerprint density at radius 3 is 2.59 bits per heavy atom. The van der Waals surface area contributed by atoms with E-state index in [9.17, 15) is 4.79 Å². The quantitative estimate of drug-likeness (QED) is 0.711. The fourth-order valence-electron chi connectivity index (χ4n) is 2.45. The molecule has 22 heavy (non-hydrogen) atoms. The third kappa shape index (κ3) is 3.68. The largest absolute Gasteiger partial charge is 0.366 e. The van der Waals surface area contributed by atoms with Crippen molar-refractivity contribution < 1.29 is 4.79 Å². The highest BCUT2D eigenvalue weighted by molar-refractivity contribution is 9.11. The van der Waals surface area contributed by atoms with Crippen molar-refractivity contribution in [3.63, 3.8) is 0 Å². The Bertz CT molecular complexity index is 684. The van der Waals surface area contributed by atoms with E-state index in [0.717, 1.165) is 23.0 Å². The second-order valence-corrected chi connectivity index (χ2v) is 7.10. The molecule has 120 valence electrons. The Kier molecular flexibility index (Phi) is 5.97. The van der Waals surface area contributed by atoms with Gasteiger partial charge in [-0.25, -0.2) is 0 Å². The molecule has 0 spiro atoms. The van der Waals surface area contributed by atoms with Crippen LogP contribution in [0.15, 0.2) is 15.0 Å². The average Bonchev–Trinajstić information content (AvgIpc) is 2.91. The van der Waals surface area contributed by atoms with Gasteiger partial charge in [0.25, 0.3) is 0 Å². The van der Waals surface area contributed by atoms with Crippen molar-refractivity contribution >= 4 is 48.8 Å². The van der Waals surface area contributed by atoms with E-state index >= 15 is 0 Å². The van der Waals surface area contributed by atoms with Gasteiger partial charge in [0, 0.05) is 4.47 Å². The first-order valence-electron chi connectivity index (χ1n) is 7.50. The molecule has 2 rings (SSSR count). The van der Waals surface area contributed by atoms with Gasteiger partial charge in [0.1, 0.15) is 11.0 Å². The van der Waals surface area contributed by atoms with E-state index in [1.165, 1.54) is 19.3 Å². The first kappa shape index (κ1) is 17.4. The number of primary amides is 1. The van der Waals surface area contributed by atoms with Crippen molar-refractivity contribution in [3.05, 3.63) is 20.6 Å². The number of unbranched alkanes of at least 4 members (excludes halogenated alkanes) is 1. The minimum absolute atomic E-state index is 0.407. The summed E-state index contributed by atoms with van der Waals surface area (Å²) in [5.74, 6) is 0.0772. The maximum absolute atomic E-state index is 11.5. The summed E-state index contributed by atoms with van der Waals surface area (Å²) in [4.78, 5) is 13.2. The molecule has 5 nitrogen and oxygen atoms in total. The first-order chi connectivity index (χ1) is 10.5. The van der Waals surface area contributed by atoms with E-state index in [1.54, 1.807) is 10.9 Å². The topological polar surface area (TPSA) is 73.8 Å². The number of aromatic nitrogens is 3. The van der Waals surface area contributed by atoms with E-state index in [4.69, 9.17) is 5.73 Å². The molecule has 2 aromatic rings. The Morgan fingerprint density at radius 2 is 2.00 bits per heavy atom. The molecule has 0 radical (unpaired) electrons. The summed E-state index contributed by atoms with van der Waals surface area (Å²) in [5, 5.41) is 9.08. The van der Waals surface area contributed by atoms with E-state index < -0.39 is 5.91 Å². The summed E-state index contributed by atoms with van der Waals surface area (Å²) in [5.41, 5.74) is 7.20. The summed E-state index contributed by atoms with van der Waals surface area (Å²) < 4.78 is 1.33. The Balaban J connectivity index is 2.35. The third-order valence-corrected chi connectivity index (χ3v) is 5.23. The summed E-state index contributed by atoms with van der Waals surface area (Å²) in [6.07, 6.45) is 4.70. The molecule has 0 saturated carbocycles. The molecule has 7 heteroatoms. The van der Waals surface area contributed by atoms with Gasteiger partial charge in [-0.2, -0.15) is 15.0 Å². The van der Waals surface area contributed by atoms with Crippen LogP contribution < -0.4 is 5.73 Å². The number of hydrogen-bond donors (Lipinski definition) is 1. The van der Waals surface area contributed by atoms with E-state index in [2.05, 4.69) is 55.9 Å². The Morgan fingerprint density at radius 1 is 1.32 bits per heavy atom. The minimum atomic E-state index is -0.488. The van der Waals surface area contributed by atoms with Gasteiger partial charge in [0.05, 0.1) is 16.6 Å². The minimum Gasteiger partial charge on any atom is -0.366 e. The van der Waals surface area contributed by atoms with Gasteiger partial charge in [-0.1, -0.05) is 33.1 Å². The van der Waals surface area contributed by atoms with Crippen LogP contribution in [-0.4, -0.2) is 20.9 Å². The zero-order valence-corrected chi connectivity index (χ0v) is 15.9. The van der Waals surface area contributed by atoms with Crippen LogP contribution in [0.4, 0.5) is 0 Å². The van der Waals surface area contributed by atoms with E-state index in [0.29, 0.717) is 21.5 Å². The van der Waals surface area contributed by atoms with Gasteiger partial charge in [0.2, 0.25) is 5.91 Å². The molecular formula is C15H20Br2N4O. The van der Waals surface area contributed by atoms with Gasteiger partial charge in [-0.05, 0) is 50.3 Å². The lowest BCUT2D eigenvalue weighted by Gasteiger charge is -2.12. The smallest absolute Gasteiger partial charge is 0.249 e.